The number of thioether (sulfide) groups is 1. The largest absolute Gasteiger partial charge is 0.390 e. The van der Waals surface area contributed by atoms with Gasteiger partial charge in [-0.25, -0.2) is 0 Å². The summed E-state index contributed by atoms with van der Waals surface area (Å²) < 4.78 is 15.5. The predicted molar refractivity (Wildman–Crippen MR) is 76.4 cm³/mol. The number of rotatable bonds is 9. The minimum atomic E-state index is -0.435. The highest BCUT2D eigenvalue weighted by molar-refractivity contribution is 7.99. The second-order valence-corrected chi connectivity index (χ2v) is 5.09. The van der Waals surface area contributed by atoms with Crippen molar-refractivity contribution in [1.82, 2.24) is 0 Å². The lowest BCUT2D eigenvalue weighted by molar-refractivity contribution is -0.106. The Morgan fingerprint density at radius 1 is 1.16 bits per heavy atom. The Labute approximate surface area is 119 Å². The van der Waals surface area contributed by atoms with Crippen molar-refractivity contribution < 1.29 is 19.3 Å². The van der Waals surface area contributed by atoms with Gasteiger partial charge in [0.2, 0.25) is 0 Å². The summed E-state index contributed by atoms with van der Waals surface area (Å²) in [5.41, 5.74) is 0.976. The van der Waals surface area contributed by atoms with Gasteiger partial charge in [0.05, 0.1) is 12.7 Å². The Morgan fingerprint density at radius 2 is 1.79 bits per heavy atom. The summed E-state index contributed by atoms with van der Waals surface area (Å²) in [5, 5.41) is 9.67. The van der Waals surface area contributed by atoms with Crippen LogP contribution in [0.1, 0.15) is 18.8 Å². The van der Waals surface area contributed by atoms with Crippen LogP contribution in [0.15, 0.2) is 29.2 Å². The minimum absolute atomic E-state index is 0.331. The molecule has 0 aliphatic carbocycles. The first-order valence-corrected chi connectivity index (χ1v) is 7.24. The lowest BCUT2D eigenvalue weighted by Gasteiger charge is -2.14. The van der Waals surface area contributed by atoms with E-state index in [1.54, 1.807) is 26.0 Å². The Balaban J connectivity index is 2.43. The van der Waals surface area contributed by atoms with Gasteiger partial charge in [0, 0.05) is 37.0 Å². The molecule has 1 unspecified atom stereocenters. The first-order valence-electron chi connectivity index (χ1n) is 6.25. The third-order valence-corrected chi connectivity index (χ3v) is 3.69. The van der Waals surface area contributed by atoms with Gasteiger partial charge >= 0.3 is 0 Å². The van der Waals surface area contributed by atoms with Gasteiger partial charge in [-0.1, -0.05) is 12.1 Å². The van der Waals surface area contributed by atoms with E-state index >= 15 is 0 Å². The van der Waals surface area contributed by atoms with Gasteiger partial charge in [-0.05, 0) is 19.1 Å². The standard InChI is InChI=1S/C14H22O4S/c1-4-18-9-12(15)10-19-13-7-5-11(6-8-13)14(16-2)17-3/h5-8,12,14-15H,4,9-10H2,1-3H3. The molecule has 0 saturated carbocycles. The van der Waals surface area contributed by atoms with Crippen molar-refractivity contribution in [2.24, 2.45) is 0 Å². The van der Waals surface area contributed by atoms with Gasteiger partial charge in [-0.15, -0.1) is 11.8 Å². The van der Waals surface area contributed by atoms with Crippen molar-refractivity contribution in [2.45, 2.75) is 24.2 Å². The topological polar surface area (TPSA) is 47.9 Å². The van der Waals surface area contributed by atoms with E-state index in [9.17, 15) is 5.11 Å². The SMILES string of the molecule is CCOCC(O)CSc1ccc(C(OC)OC)cc1. The number of methoxy groups -OCH3 is 2. The van der Waals surface area contributed by atoms with E-state index in [2.05, 4.69) is 0 Å². The smallest absolute Gasteiger partial charge is 0.183 e. The van der Waals surface area contributed by atoms with Crippen LogP contribution in [0.5, 0.6) is 0 Å². The summed E-state index contributed by atoms with van der Waals surface area (Å²) in [6.45, 7) is 2.93. The normalized spacial score (nSPS) is 12.9. The molecule has 0 saturated heterocycles. The molecule has 1 N–H and O–H groups in total. The molecule has 0 spiro atoms. The molecule has 108 valence electrons. The molecule has 0 aromatic heterocycles. The first-order chi connectivity index (χ1) is 9.21. The second kappa shape index (κ2) is 9.34. The molecule has 19 heavy (non-hydrogen) atoms. The number of aliphatic hydroxyl groups is 1. The van der Waals surface area contributed by atoms with Gasteiger partial charge < -0.3 is 19.3 Å². The van der Waals surface area contributed by atoms with E-state index in [4.69, 9.17) is 14.2 Å². The molecule has 0 radical (unpaired) electrons. The van der Waals surface area contributed by atoms with Gasteiger partial charge in [-0.3, -0.25) is 0 Å². The highest BCUT2D eigenvalue weighted by atomic mass is 32.2. The van der Waals surface area contributed by atoms with E-state index < -0.39 is 6.10 Å². The number of benzene rings is 1. The number of ether oxygens (including phenoxy) is 3. The number of hydrogen-bond donors (Lipinski definition) is 1. The number of aliphatic hydroxyl groups excluding tert-OH is 1. The van der Waals surface area contributed by atoms with Gasteiger partial charge in [-0.2, -0.15) is 0 Å². The van der Waals surface area contributed by atoms with Crippen molar-refractivity contribution >= 4 is 11.8 Å². The fraction of sp³-hybridized carbons (Fsp3) is 0.571. The maximum atomic E-state index is 9.67. The Morgan fingerprint density at radius 3 is 2.32 bits per heavy atom. The Bertz CT molecular complexity index is 338. The summed E-state index contributed by atoms with van der Waals surface area (Å²) in [6.07, 6.45) is -0.766. The first kappa shape index (κ1) is 16.5. The molecule has 5 heteroatoms. The van der Waals surface area contributed by atoms with E-state index in [-0.39, 0.29) is 6.29 Å². The molecule has 0 amide bonds. The van der Waals surface area contributed by atoms with Crippen LogP contribution in [-0.2, 0) is 14.2 Å². The van der Waals surface area contributed by atoms with Crippen molar-refractivity contribution in [3.05, 3.63) is 29.8 Å². The van der Waals surface area contributed by atoms with Crippen molar-refractivity contribution in [1.29, 1.82) is 0 Å². The molecular weight excluding hydrogens is 264 g/mol. The molecule has 0 bridgehead atoms. The van der Waals surface area contributed by atoms with Crippen molar-refractivity contribution in [3.63, 3.8) is 0 Å². The molecule has 1 aromatic rings. The van der Waals surface area contributed by atoms with Crippen LogP contribution >= 0.6 is 11.8 Å². The molecule has 0 aliphatic heterocycles. The van der Waals surface area contributed by atoms with Crippen molar-refractivity contribution in [3.8, 4) is 0 Å². The zero-order chi connectivity index (χ0) is 14.1. The van der Waals surface area contributed by atoms with Crippen LogP contribution in [0, 0.1) is 0 Å². The molecule has 1 atom stereocenters. The van der Waals surface area contributed by atoms with E-state index in [1.165, 1.54) is 0 Å². The van der Waals surface area contributed by atoms with Crippen LogP contribution in [0.3, 0.4) is 0 Å². The van der Waals surface area contributed by atoms with E-state index in [0.717, 1.165) is 10.5 Å². The van der Waals surface area contributed by atoms with Gasteiger partial charge in [0.1, 0.15) is 0 Å². The van der Waals surface area contributed by atoms with Gasteiger partial charge in [0.25, 0.3) is 0 Å². The van der Waals surface area contributed by atoms with Gasteiger partial charge in [0.15, 0.2) is 6.29 Å². The summed E-state index contributed by atoms with van der Waals surface area (Å²) in [4.78, 5) is 1.10. The monoisotopic (exact) mass is 286 g/mol. The average molecular weight is 286 g/mol. The maximum Gasteiger partial charge on any atom is 0.183 e. The summed E-state index contributed by atoms with van der Waals surface area (Å²) in [5.74, 6) is 0.622. The van der Waals surface area contributed by atoms with Crippen LogP contribution in [-0.4, -0.2) is 44.4 Å². The summed E-state index contributed by atoms with van der Waals surface area (Å²) in [6, 6.07) is 7.93. The van der Waals surface area contributed by atoms with E-state index in [0.29, 0.717) is 19.0 Å². The Kier molecular flexibility index (Phi) is 8.09. The second-order valence-electron chi connectivity index (χ2n) is 4.00. The molecular formula is C14H22O4S. The highest BCUT2D eigenvalue weighted by Crippen LogP contribution is 2.23. The highest BCUT2D eigenvalue weighted by Gasteiger charge is 2.09. The fourth-order valence-electron chi connectivity index (χ4n) is 1.58. The molecule has 0 heterocycles. The zero-order valence-electron chi connectivity index (χ0n) is 11.7. The molecule has 1 rings (SSSR count). The maximum absolute atomic E-state index is 9.67. The van der Waals surface area contributed by atoms with Crippen molar-refractivity contribution in [2.75, 3.05) is 33.2 Å². The zero-order valence-corrected chi connectivity index (χ0v) is 12.5. The average Bonchev–Trinajstić information content (AvgIpc) is 2.45. The molecule has 1 aromatic carbocycles. The number of hydrogen-bond acceptors (Lipinski definition) is 5. The third-order valence-electron chi connectivity index (χ3n) is 2.54. The third kappa shape index (κ3) is 5.93. The predicted octanol–water partition coefficient (Wildman–Crippen LogP) is 2.47. The van der Waals surface area contributed by atoms with Crippen LogP contribution in [0.25, 0.3) is 0 Å². The minimum Gasteiger partial charge on any atom is -0.390 e. The van der Waals surface area contributed by atoms with Crippen LogP contribution in [0.2, 0.25) is 0 Å². The molecule has 0 fully saturated rings. The van der Waals surface area contributed by atoms with Crippen LogP contribution in [0.4, 0.5) is 0 Å². The van der Waals surface area contributed by atoms with E-state index in [1.807, 2.05) is 31.2 Å². The molecule has 0 aliphatic rings. The molecule has 4 nitrogen and oxygen atoms in total. The lowest BCUT2D eigenvalue weighted by Crippen LogP contribution is -2.17. The quantitative estimate of drug-likeness (QED) is 0.558. The fourth-order valence-corrected chi connectivity index (χ4v) is 2.39. The van der Waals surface area contributed by atoms with Crippen LogP contribution < -0.4 is 0 Å². The summed E-state index contributed by atoms with van der Waals surface area (Å²) >= 11 is 1.60. The lowest BCUT2D eigenvalue weighted by atomic mass is 10.2. The summed E-state index contributed by atoms with van der Waals surface area (Å²) in [7, 11) is 3.22. The Hall–Kier alpha value is -0.590.